The van der Waals surface area contributed by atoms with Crippen LogP contribution in [0.2, 0.25) is 0 Å². The summed E-state index contributed by atoms with van der Waals surface area (Å²) in [5.41, 5.74) is 0.402. The molecule has 0 aliphatic carbocycles. The first-order valence-electron chi connectivity index (χ1n) is 6.74. The molecule has 0 spiro atoms. The molecule has 0 saturated carbocycles. The number of benzene rings is 1. The molecule has 1 amide bonds. The number of carbonyl (C=O) groups is 2. The van der Waals surface area contributed by atoms with Crippen molar-refractivity contribution in [3.8, 4) is 5.75 Å². The number of carboxylic acids is 1. The molecular weight excluding hydrogens is 302 g/mol. The van der Waals surface area contributed by atoms with E-state index in [0.29, 0.717) is 17.9 Å². The zero-order valence-corrected chi connectivity index (χ0v) is 13.2. The van der Waals surface area contributed by atoms with Crippen LogP contribution in [0.1, 0.15) is 22.2 Å². The summed E-state index contributed by atoms with van der Waals surface area (Å²) in [7, 11) is 1.47. The summed E-state index contributed by atoms with van der Waals surface area (Å²) < 4.78 is 5.65. The molecule has 6 heteroatoms. The van der Waals surface area contributed by atoms with E-state index in [1.54, 1.807) is 35.6 Å². The van der Waals surface area contributed by atoms with E-state index >= 15 is 0 Å². The van der Waals surface area contributed by atoms with Gasteiger partial charge in [0.15, 0.2) is 0 Å². The number of hydrogen-bond donors (Lipinski definition) is 1. The lowest BCUT2D eigenvalue weighted by molar-refractivity contribution is -0.141. The van der Waals surface area contributed by atoms with E-state index in [1.807, 2.05) is 17.5 Å². The van der Waals surface area contributed by atoms with Gasteiger partial charge in [0.05, 0.1) is 0 Å². The minimum Gasteiger partial charge on any atom is -0.488 e. The molecule has 1 atom stereocenters. The highest BCUT2D eigenvalue weighted by molar-refractivity contribution is 7.09. The smallest absolute Gasteiger partial charge is 0.326 e. The van der Waals surface area contributed by atoms with Crippen LogP contribution in [0, 0.1) is 0 Å². The fourth-order valence-corrected chi connectivity index (χ4v) is 2.43. The van der Waals surface area contributed by atoms with Gasteiger partial charge in [0.25, 0.3) is 5.91 Å². The minimum atomic E-state index is -1.04. The average molecular weight is 319 g/mol. The molecule has 2 aromatic rings. The monoisotopic (exact) mass is 319 g/mol. The molecular formula is C16H17NO4S. The molecule has 0 saturated heterocycles. The summed E-state index contributed by atoms with van der Waals surface area (Å²) in [5, 5.41) is 10.9. The summed E-state index contributed by atoms with van der Waals surface area (Å²) in [6.07, 6.45) is 0. The van der Waals surface area contributed by atoms with Gasteiger partial charge in [-0.3, -0.25) is 4.79 Å². The van der Waals surface area contributed by atoms with E-state index in [9.17, 15) is 9.59 Å². The fraction of sp³-hybridized carbons (Fsp3) is 0.250. The van der Waals surface area contributed by atoms with Crippen molar-refractivity contribution < 1.29 is 19.4 Å². The Labute approximate surface area is 132 Å². The molecule has 0 bridgehead atoms. The zero-order valence-electron chi connectivity index (χ0n) is 12.4. The molecule has 116 valence electrons. The maximum Gasteiger partial charge on any atom is 0.326 e. The molecule has 1 aromatic carbocycles. The lowest BCUT2D eigenvalue weighted by Gasteiger charge is -2.21. The third kappa shape index (κ3) is 3.85. The van der Waals surface area contributed by atoms with Crippen LogP contribution >= 0.6 is 11.3 Å². The topological polar surface area (TPSA) is 66.8 Å². The van der Waals surface area contributed by atoms with Crippen molar-refractivity contribution in [2.45, 2.75) is 19.6 Å². The molecule has 0 aliphatic rings. The molecule has 5 nitrogen and oxygen atoms in total. The Hall–Kier alpha value is -2.34. The second-order valence-electron chi connectivity index (χ2n) is 4.83. The van der Waals surface area contributed by atoms with Crippen LogP contribution in [-0.4, -0.2) is 35.0 Å². The number of aliphatic carboxylic acids is 1. The van der Waals surface area contributed by atoms with Gasteiger partial charge in [0.2, 0.25) is 0 Å². The lowest BCUT2D eigenvalue weighted by atomic mass is 10.1. The SMILES string of the molecule is CC(C(=O)O)N(C)C(=O)c1cccc(OCc2cccs2)c1. The van der Waals surface area contributed by atoms with Crippen molar-refractivity contribution in [3.05, 3.63) is 52.2 Å². The van der Waals surface area contributed by atoms with E-state index in [2.05, 4.69) is 0 Å². The Morgan fingerprint density at radius 1 is 1.32 bits per heavy atom. The van der Waals surface area contributed by atoms with Gasteiger partial charge in [0.1, 0.15) is 18.4 Å². The summed E-state index contributed by atoms with van der Waals surface area (Å²) in [6.45, 7) is 1.91. The highest BCUT2D eigenvalue weighted by Gasteiger charge is 2.22. The number of ether oxygens (including phenoxy) is 1. The maximum atomic E-state index is 12.3. The number of carbonyl (C=O) groups excluding carboxylic acids is 1. The van der Waals surface area contributed by atoms with Crippen LogP contribution in [0.4, 0.5) is 0 Å². The third-order valence-electron chi connectivity index (χ3n) is 3.30. The number of rotatable bonds is 6. The first-order chi connectivity index (χ1) is 10.5. The summed E-state index contributed by atoms with van der Waals surface area (Å²) >= 11 is 1.60. The number of amides is 1. The van der Waals surface area contributed by atoms with Crippen molar-refractivity contribution in [3.63, 3.8) is 0 Å². The average Bonchev–Trinajstić information content (AvgIpc) is 3.04. The maximum absolute atomic E-state index is 12.3. The second kappa shape index (κ2) is 7.09. The molecule has 0 radical (unpaired) electrons. The molecule has 2 rings (SSSR count). The largest absolute Gasteiger partial charge is 0.488 e. The summed E-state index contributed by atoms with van der Waals surface area (Å²) in [6, 6.07) is 9.80. The van der Waals surface area contributed by atoms with Gasteiger partial charge in [-0.25, -0.2) is 4.79 Å². The predicted octanol–water partition coefficient (Wildman–Crippen LogP) is 2.87. The van der Waals surface area contributed by atoms with Gasteiger partial charge in [-0.05, 0) is 36.6 Å². The van der Waals surface area contributed by atoms with Gasteiger partial charge in [0, 0.05) is 17.5 Å². The number of hydrogen-bond acceptors (Lipinski definition) is 4. The number of carboxylic acid groups (broad SMARTS) is 1. The van der Waals surface area contributed by atoms with Crippen LogP contribution in [0.25, 0.3) is 0 Å². The van der Waals surface area contributed by atoms with Crippen molar-refractivity contribution in [2.24, 2.45) is 0 Å². The minimum absolute atomic E-state index is 0.350. The van der Waals surface area contributed by atoms with Crippen molar-refractivity contribution in [1.82, 2.24) is 4.90 Å². The molecule has 1 heterocycles. The van der Waals surface area contributed by atoms with Crippen molar-refractivity contribution in [2.75, 3.05) is 7.05 Å². The number of nitrogens with zero attached hydrogens (tertiary/aromatic N) is 1. The molecule has 0 aliphatic heterocycles. The summed E-state index contributed by atoms with van der Waals surface area (Å²) in [4.78, 5) is 25.5. The van der Waals surface area contributed by atoms with Crippen LogP contribution < -0.4 is 4.74 Å². The Morgan fingerprint density at radius 2 is 2.09 bits per heavy atom. The van der Waals surface area contributed by atoms with Gasteiger partial charge in [-0.2, -0.15) is 0 Å². The highest BCUT2D eigenvalue weighted by atomic mass is 32.1. The number of likely N-dealkylation sites (N-methyl/N-ethyl adjacent to an activating group) is 1. The van der Waals surface area contributed by atoms with Gasteiger partial charge >= 0.3 is 5.97 Å². The van der Waals surface area contributed by atoms with E-state index in [4.69, 9.17) is 9.84 Å². The lowest BCUT2D eigenvalue weighted by Crippen LogP contribution is -2.40. The quantitative estimate of drug-likeness (QED) is 0.889. The van der Waals surface area contributed by atoms with Crippen LogP contribution in [-0.2, 0) is 11.4 Å². The first-order valence-corrected chi connectivity index (χ1v) is 7.62. The normalized spacial score (nSPS) is 11.7. The molecule has 1 aromatic heterocycles. The van der Waals surface area contributed by atoms with Crippen LogP contribution in [0.3, 0.4) is 0 Å². The van der Waals surface area contributed by atoms with Crippen LogP contribution in [0.15, 0.2) is 41.8 Å². The second-order valence-corrected chi connectivity index (χ2v) is 5.86. The Bertz CT molecular complexity index is 654. The van der Waals surface area contributed by atoms with E-state index in [1.165, 1.54) is 18.9 Å². The molecule has 1 N–H and O–H groups in total. The van der Waals surface area contributed by atoms with E-state index < -0.39 is 12.0 Å². The van der Waals surface area contributed by atoms with Gasteiger partial charge in [-0.15, -0.1) is 11.3 Å². The standard InChI is InChI=1S/C16H17NO4S/c1-11(16(19)20)17(2)15(18)12-5-3-6-13(9-12)21-10-14-7-4-8-22-14/h3-9,11H,10H2,1-2H3,(H,19,20). The van der Waals surface area contributed by atoms with Crippen molar-refractivity contribution >= 4 is 23.2 Å². The van der Waals surface area contributed by atoms with Gasteiger partial charge in [-0.1, -0.05) is 12.1 Å². The predicted molar refractivity (Wildman–Crippen MR) is 84.3 cm³/mol. The fourth-order valence-electron chi connectivity index (χ4n) is 1.81. The van der Waals surface area contributed by atoms with E-state index in [0.717, 1.165) is 4.88 Å². The molecule has 1 unspecified atom stereocenters. The molecule has 22 heavy (non-hydrogen) atoms. The third-order valence-corrected chi connectivity index (χ3v) is 4.15. The highest BCUT2D eigenvalue weighted by Crippen LogP contribution is 2.18. The van der Waals surface area contributed by atoms with E-state index in [-0.39, 0.29) is 5.91 Å². The zero-order chi connectivity index (χ0) is 16.1. The van der Waals surface area contributed by atoms with Gasteiger partial charge < -0.3 is 14.7 Å². The first kappa shape index (κ1) is 16.0. The summed E-state index contributed by atoms with van der Waals surface area (Å²) in [5.74, 6) is -0.812. The van der Waals surface area contributed by atoms with Crippen LogP contribution in [0.5, 0.6) is 5.75 Å². The Morgan fingerprint density at radius 3 is 2.73 bits per heavy atom. The Kier molecular flexibility index (Phi) is 5.16. The Balaban J connectivity index is 2.07. The molecule has 0 fully saturated rings. The number of thiophene rings is 1. The van der Waals surface area contributed by atoms with Crippen molar-refractivity contribution in [1.29, 1.82) is 0 Å².